The van der Waals surface area contributed by atoms with Crippen LogP contribution in [0.1, 0.15) is 13.3 Å². The zero-order valence-electron chi connectivity index (χ0n) is 9.08. The summed E-state index contributed by atoms with van der Waals surface area (Å²) in [7, 11) is -3.45. The maximum Gasteiger partial charge on any atom is 0.240 e. The quantitative estimate of drug-likeness (QED) is 0.762. The van der Waals surface area contributed by atoms with Gasteiger partial charge in [-0.3, -0.25) is 0 Å². The van der Waals surface area contributed by atoms with E-state index in [9.17, 15) is 8.42 Å². The fraction of sp³-hybridized carbons (Fsp3) is 0.400. The number of halogens is 3. The van der Waals surface area contributed by atoms with Gasteiger partial charge >= 0.3 is 0 Å². The molecule has 0 heterocycles. The molecule has 0 bridgehead atoms. The fourth-order valence-corrected chi connectivity index (χ4v) is 3.07. The van der Waals surface area contributed by atoms with Gasteiger partial charge in [-0.15, -0.1) is 0 Å². The third kappa shape index (κ3) is 4.87. The summed E-state index contributed by atoms with van der Waals surface area (Å²) in [5.74, 6) is 0. The van der Waals surface area contributed by atoms with Gasteiger partial charge in [0.25, 0.3) is 0 Å². The summed E-state index contributed by atoms with van der Waals surface area (Å²) < 4.78 is 26.9. The average molecular weight is 406 g/mol. The van der Waals surface area contributed by atoms with Crippen LogP contribution in [0.15, 0.2) is 27.6 Å². The molecule has 0 amide bonds. The summed E-state index contributed by atoms with van der Waals surface area (Å²) in [4.78, 5) is 0.484. The molecule has 1 N–H and O–H groups in total. The lowest BCUT2D eigenvalue weighted by Crippen LogP contribution is -2.25. The Kier molecular flexibility index (Phi) is 5.92. The summed E-state index contributed by atoms with van der Waals surface area (Å²) >= 11 is 12.4. The third-order valence-electron chi connectivity index (χ3n) is 2.04. The molecule has 0 aliphatic carbocycles. The Morgan fingerprint density at radius 3 is 2.65 bits per heavy atom. The lowest BCUT2D eigenvalue weighted by Gasteiger charge is -2.08. The zero-order chi connectivity index (χ0) is 13.1. The van der Waals surface area contributed by atoms with E-state index in [2.05, 4.69) is 36.6 Å². The fourth-order valence-electron chi connectivity index (χ4n) is 1.12. The molecule has 1 atom stereocenters. The summed E-state index contributed by atoms with van der Waals surface area (Å²) in [6.45, 7) is 2.36. The molecule has 0 saturated carbocycles. The van der Waals surface area contributed by atoms with Crippen LogP contribution in [0.4, 0.5) is 0 Å². The predicted octanol–water partition coefficient (Wildman–Crippen LogP) is 3.55. The predicted molar refractivity (Wildman–Crippen MR) is 77.3 cm³/mol. The van der Waals surface area contributed by atoms with E-state index in [1.54, 1.807) is 6.07 Å². The highest BCUT2D eigenvalue weighted by Crippen LogP contribution is 2.25. The molecular formula is C10H12Br2ClNO2S. The Morgan fingerprint density at radius 2 is 2.12 bits per heavy atom. The van der Waals surface area contributed by atoms with E-state index < -0.39 is 10.0 Å². The van der Waals surface area contributed by atoms with Gasteiger partial charge in [-0.1, -0.05) is 34.5 Å². The van der Waals surface area contributed by atoms with E-state index in [1.807, 2.05) is 6.92 Å². The van der Waals surface area contributed by atoms with E-state index in [1.165, 1.54) is 12.1 Å². The summed E-state index contributed by atoms with van der Waals surface area (Å²) in [6.07, 6.45) is 0.730. The van der Waals surface area contributed by atoms with Crippen molar-refractivity contribution < 1.29 is 8.42 Å². The SMILES string of the molecule is CC(Br)CCNS(=O)(=O)c1ccc(Cl)c(Br)c1. The normalized spacial score (nSPS) is 13.6. The molecule has 17 heavy (non-hydrogen) atoms. The van der Waals surface area contributed by atoms with Crippen LogP contribution in [0.25, 0.3) is 0 Å². The van der Waals surface area contributed by atoms with Crippen LogP contribution in [-0.2, 0) is 10.0 Å². The van der Waals surface area contributed by atoms with Gasteiger partial charge in [0.05, 0.1) is 9.92 Å². The molecule has 0 spiro atoms. The molecule has 0 aromatic heterocycles. The van der Waals surface area contributed by atoms with Crippen molar-refractivity contribution in [1.82, 2.24) is 4.72 Å². The lowest BCUT2D eigenvalue weighted by molar-refractivity contribution is 0.579. The van der Waals surface area contributed by atoms with Crippen LogP contribution in [0, 0.1) is 0 Å². The van der Waals surface area contributed by atoms with E-state index in [4.69, 9.17) is 11.6 Å². The Bertz CT molecular complexity index is 491. The van der Waals surface area contributed by atoms with Crippen molar-refractivity contribution in [2.75, 3.05) is 6.54 Å². The van der Waals surface area contributed by atoms with E-state index in [-0.39, 0.29) is 9.72 Å². The summed E-state index contributed by atoms with van der Waals surface area (Å²) in [5, 5.41) is 0.484. The molecule has 0 aliphatic heterocycles. The van der Waals surface area contributed by atoms with Crippen molar-refractivity contribution in [1.29, 1.82) is 0 Å². The van der Waals surface area contributed by atoms with Crippen LogP contribution in [0.5, 0.6) is 0 Å². The smallest absolute Gasteiger partial charge is 0.211 e. The molecule has 1 aromatic carbocycles. The van der Waals surface area contributed by atoms with Crippen molar-refractivity contribution in [2.45, 2.75) is 23.1 Å². The second-order valence-electron chi connectivity index (χ2n) is 3.54. The van der Waals surface area contributed by atoms with Crippen molar-refractivity contribution in [3.63, 3.8) is 0 Å². The van der Waals surface area contributed by atoms with Crippen molar-refractivity contribution in [3.8, 4) is 0 Å². The molecular weight excluding hydrogens is 393 g/mol. The summed E-state index contributed by atoms with van der Waals surface area (Å²) in [5.41, 5.74) is 0. The summed E-state index contributed by atoms with van der Waals surface area (Å²) in [6, 6.07) is 4.52. The molecule has 1 unspecified atom stereocenters. The molecule has 0 fully saturated rings. The second-order valence-corrected chi connectivity index (χ2v) is 8.13. The van der Waals surface area contributed by atoms with Crippen molar-refractivity contribution >= 4 is 53.5 Å². The van der Waals surface area contributed by atoms with Crippen LogP contribution in [0.3, 0.4) is 0 Å². The Hall–Kier alpha value is 0.380. The Labute approximate surface area is 123 Å². The molecule has 0 saturated heterocycles. The van der Waals surface area contributed by atoms with Crippen LogP contribution in [0.2, 0.25) is 5.02 Å². The number of hydrogen-bond donors (Lipinski definition) is 1. The van der Waals surface area contributed by atoms with Gasteiger partial charge in [0, 0.05) is 15.8 Å². The van der Waals surface area contributed by atoms with Crippen LogP contribution < -0.4 is 4.72 Å². The first kappa shape index (κ1) is 15.4. The maximum atomic E-state index is 11.9. The first-order valence-corrected chi connectivity index (χ1v) is 8.48. The zero-order valence-corrected chi connectivity index (χ0v) is 13.8. The van der Waals surface area contributed by atoms with Gasteiger partial charge in [0.2, 0.25) is 10.0 Å². The molecule has 96 valence electrons. The average Bonchev–Trinajstić information content (AvgIpc) is 2.21. The number of sulfonamides is 1. The molecule has 0 aliphatic rings. The van der Waals surface area contributed by atoms with Gasteiger partial charge in [-0.2, -0.15) is 0 Å². The first-order chi connectivity index (χ1) is 7.83. The van der Waals surface area contributed by atoms with Gasteiger partial charge in [0.15, 0.2) is 0 Å². The highest BCUT2D eigenvalue weighted by molar-refractivity contribution is 9.10. The topological polar surface area (TPSA) is 46.2 Å². The standard InChI is InChI=1S/C10H12Br2ClNO2S/c1-7(11)4-5-14-17(15,16)8-2-3-10(13)9(12)6-8/h2-3,6-7,14H,4-5H2,1H3. The van der Waals surface area contributed by atoms with E-state index in [0.29, 0.717) is 16.0 Å². The van der Waals surface area contributed by atoms with Gasteiger partial charge < -0.3 is 0 Å². The molecule has 1 rings (SSSR count). The van der Waals surface area contributed by atoms with Crippen LogP contribution >= 0.6 is 43.5 Å². The van der Waals surface area contributed by atoms with Crippen molar-refractivity contribution in [3.05, 3.63) is 27.7 Å². The highest BCUT2D eigenvalue weighted by atomic mass is 79.9. The second kappa shape index (κ2) is 6.52. The maximum absolute atomic E-state index is 11.9. The number of benzene rings is 1. The number of nitrogens with one attached hydrogen (secondary N) is 1. The van der Waals surface area contributed by atoms with Gasteiger partial charge in [-0.25, -0.2) is 13.1 Å². The minimum absolute atomic E-state index is 0.205. The molecule has 7 heteroatoms. The minimum atomic E-state index is -3.45. The van der Waals surface area contributed by atoms with Crippen LogP contribution in [-0.4, -0.2) is 19.8 Å². The minimum Gasteiger partial charge on any atom is -0.211 e. The van der Waals surface area contributed by atoms with Gasteiger partial charge in [0.1, 0.15) is 0 Å². The van der Waals surface area contributed by atoms with E-state index in [0.717, 1.165) is 6.42 Å². The first-order valence-electron chi connectivity index (χ1n) is 4.91. The molecule has 1 aromatic rings. The molecule has 3 nitrogen and oxygen atoms in total. The number of rotatable bonds is 5. The Balaban J connectivity index is 2.79. The highest BCUT2D eigenvalue weighted by Gasteiger charge is 2.14. The lowest BCUT2D eigenvalue weighted by atomic mass is 10.3. The van der Waals surface area contributed by atoms with Crippen molar-refractivity contribution in [2.24, 2.45) is 0 Å². The monoisotopic (exact) mass is 403 g/mol. The van der Waals surface area contributed by atoms with E-state index >= 15 is 0 Å². The largest absolute Gasteiger partial charge is 0.240 e. The third-order valence-corrected chi connectivity index (χ3v) is 5.17. The van der Waals surface area contributed by atoms with Gasteiger partial charge in [-0.05, 0) is 40.5 Å². The number of hydrogen-bond acceptors (Lipinski definition) is 2. The number of alkyl halides is 1. The Morgan fingerprint density at radius 1 is 1.47 bits per heavy atom. The molecule has 0 radical (unpaired) electrons.